The first-order valence-corrected chi connectivity index (χ1v) is 13.4. The highest BCUT2D eigenvalue weighted by atomic mass is 19.1. The molecular weight excluding hydrogens is 503 g/mol. The molecule has 206 valence electrons. The van der Waals surface area contributed by atoms with E-state index in [-0.39, 0.29) is 29.6 Å². The molecule has 2 heterocycles. The van der Waals surface area contributed by atoms with Crippen molar-refractivity contribution in [1.82, 2.24) is 9.55 Å². The summed E-state index contributed by atoms with van der Waals surface area (Å²) in [6, 6.07) is 8.69. The summed E-state index contributed by atoms with van der Waals surface area (Å²) in [4.78, 5) is 42.3. The average Bonchev–Trinajstić information content (AvgIpc) is 3.27. The van der Waals surface area contributed by atoms with E-state index in [0.29, 0.717) is 37.7 Å². The molecule has 1 fully saturated rings. The number of imidazole rings is 1. The van der Waals surface area contributed by atoms with Crippen molar-refractivity contribution >= 4 is 40.4 Å². The molecular formula is C29H33FN4O5. The Labute approximate surface area is 226 Å². The van der Waals surface area contributed by atoms with Gasteiger partial charge < -0.3 is 19.7 Å². The quantitative estimate of drug-likeness (QED) is 0.448. The van der Waals surface area contributed by atoms with E-state index in [4.69, 9.17) is 9.72 Å². The molecule has 1 aromatic heterocycles. The maximum Gasteiger partial charge on any atom is 0.414 e. The maximum atomic E-state index is 14.8. The molecule has 2 aromatic carbocycles. The molecule has 3 aromatic rings. The van der Waals surface area contributed by atoms with Crippen molar-refractivity contribution in [2.75, 3.05) is 17.3 Å². The number of fused-ring (bicyclic) bond motifs is 3. The number of hydrogen-bond acceptors (Lipinski definition) is 5. The molecule has 9 nitrogen and oxygen atoms in total. The van der Waals surface area contributed by atoms with Gasteiger partial charge in [0, 0.05) is 31.0 Å². The Morgan fingerprint density at radius 1 is 1.13 bits per heavy atom. The Morgan fingerprint density at radius 3 is 2.51 bits per heavy atom. The zero-order valence-electron chi connectivity index (χ0n) is 22.4. The number of halogens is 1. The van der Waals surface area contributed by atoms with Gasteiger partial charge in [-0.25, -0.2) is 14.2 Å². The lowest BCUT2D eigenvalue weighted by Gasteiger charge is -2.34. The number of carbonyl (C=O) groups excluding carboxylic acids is 2. The number of amides is 2. The molecule has 2 aliphatic rings. The smallest absolute Gasteiger partial charge is 0.414 e. The molecule has 0 saturated heterocycles. The van der Waals surface area contributed by atoms with E-state index in [0.717, 1.165) is 41.0 Å². The number of aliphatic carboxylic acids is 1. The monoisotopic (exact) mass is 536 g/mol. The molecule has 1 aliphatic carbocycles. The van der Waals surface area contributed by atoms with E-state index in [1.54, 1.807) is 17.0 Å². The Kier molecular flexibility index (Phi) is 7.29. The fraction of sp³-hybridized carbons (Fsp3) is 0.448. The first kappa shape index (κ1) is 26.6. The van der Waals surface area contributed by atoms with E-state index in [9.17, 15) is 23.9 Å². The zero-order chi connectivity index (χ0) is 27.8. The summed E-state index contributed by atoms with van der Waals surface area (Å²) in [6.07, 6.45) is 4.03. The highest BCUT2D eigenvalue weighted by Crippen LogP contribution is 2.40. The van der Waals surface area contributed by atoms with Gasteiger partial charge in [-0.2, -0.15) is 0 Å². The molecule has 39 heavy (non-hydrogen) atoms. The van der Waals surface area contributed by atoms with Crippen LogP contribution < -0.4 is 10.2 Å². The van der Waals surface area contributed by atoms with Gasteiger partial charge in [0.05, 0.1) is 35.4 Å². The number of carboxylic acids is 1. The predicted octanol–water partition coefficient (Wildman–Crippen LogP) is 5.45. The van der Waals surface area contributed by atoms with Crippen molar-refractivity contribution in [3.8, 4) is 0 Å². The van der Waals surface area contributed by atoms with Crippen molar-refractivity contribution in [3.63, 3.8) is 0 Å². The zero-order valence-corrected chi connectivity index (χ0v) is 22.4. The molecule has 0 radical (unpaired) electrons. The number of carboxylic acid groups (broad SMARTS) is 1. The SMILES string of the molecule is COC(=O)N1c2ccc3c(nc(Cc4ccc(NC(C)=O)c(F)c4)n3[C@H]3CC[C@H](C(=O)O)CC3)c2CC[C@@H]1C. The number of hydrogen-bond donors (Lipinski definition) is 2. The largest absolute Gasteiger partial charge is 0.481 e. The topological polar surface area (TPSA) is 114 Å². The minimum absolute atomic E-state index is 0.0136. The minimum Gasteiger partial charge on any atom is -0.481 e. The summed E-state index contributed by atoms with van der Waals surface area (Å²) in [6.45, 7) is 3.33. The van der Waals surface area contributed by atoms with Crippen LogP contribution in [0.5, 0.6) is 0 Å². The first-order valence-electron chi connectivity index (χ1n) is 13.4. The van der Waals surface area contributed by atoms with E-state index in [1.165, 1.54) is 20.1 Å². The van der Waals surface area contributed by atoms with Gasteiger partial charge in [0.25, 0.3) is 0 Å². The van der Waals surface area contributed by atoms with Gasteiger partial charge in [0.2, 0.25) is 5.91 Å². The summed E-state index contributed by atoms with van der Waals surface area (Å²) in [5.41, 5.74) is 4.32. The van der Waals surface area contributed by atoms with Crippen molar-refractivity contribution in [2.45, 2.75) is 70.9 Å². The summed E-state index contributed by atoms with van der Waals surface area (Å²) in [7, 11) is 1.37. The maximum absolute atomic E-state index is 14.8. The second-order valence-electron chi connectivity index (χ2n) is 10.6. The van der Waals surface area contributed by atoms with Gasteiger partial charge in [-0.1, -0.05) is 6.07 Å². The Hall–Kier alpha value is -3.95. The highest BCUT2D eigenvalue weighted by Gasteiger charge is 2.33. The molecule has 2 N–H and O–H groups in total. The third-order valence-electron chi connectivity index (χ3n) is 8.02. The standard InChI is InChI=1S/C29H33FN4O5/c1-16-4-10-21-24(33(16)29(38)39-3)12-13-25-27(21)32-26(34(25)20-8-6-19(7-9-20)28(36)37)15-18-5-11-23(22(30)14-18)31-17(2)35/h5,11-14,16,19-20H,4,6-10,15H2,1-3H3,(H,31,35)(H,36,37)/t16-,19-,20-/m0/s1. The fourth-order valence-corrected chi connectivity index (χ4v) is 6.08. The molecule has 2 amide bonds. The van der Waals surface area contributed by atoms with E-state index >= 15 is 0 Å². The van der Waals surface area contributed by atoms with Crippen LogP contribution in [0, 0.1) is 11.7 Å². The number of nitrogens with zero attached hydrogens (tertiary/aromatic N) is 3. The number of anilines is 2. The molecule has 1 saturated carbocycles. The molecule has 10 heteroatoms. The van der Waals surface area contributed by atoms with Crippen LogP contribution in [0.1, 0.15) is 68.9 Å². The summed E-state index contributed by atoms with van der Waals surface area (Å²) >= 11 is 0. The highest BCUT2D eigenvalue weighted by molar-refractivity contribution is 5.95. The van der Waals surface area contributed by atoms with Gasteiger partial charge in [-0.15, -0.1) is 0 Å². The fourth-order valence-electron chi connectivity index (χ4n) is 6.08. The number of aryl methyl sites for hydroxylation is 1. The van der Waals surface area contributed by atoms with Crippen molar-refractivity contribution < 1.29 is 28.6 Å². The first-order chi connectivity index (χ1) is 18.7. The summed E-state index contributed by atoms with van der Waals surface area (Å²) < 4.78 is 22.0. The minimum atomic E-state index is -0.759. The number of methoxy groups -OCH3 is 1. The Morgan fingerprint density at radius 2 is 1.87 bits per heavy atom. The van der Waals surface area contributed by atoms with Crippen LogP contribution >= 0.6 is 0 Å². The van der Waals surface area contributed by atoms with Gasteiger partial charge in [0.1, 0.15) is 11.6 Å². The van der Waals surface area contributed by atoms with Crippen LogP contribution in [-0.2, 0) is 27.2 Å². The normalized spacial score (nSPS) is 20.9. The van der Waals surface area contributed by atoms with Crippen LogP contribution in [0.3, 0.4) is 0 Å². The lowest BCUT2D eigenvalue weighted by atomic mass is 9.85. The van der Waals surface area contributed by atoms with Gasteiger partial charge in [-0.3, -0.25) is 14.5 Å². The van der Waals surface area contributed by atoms with E-state index < -0.39 is 17.9 Å². The van der Waals surface area contributed by atoms with Gasteiger partial charge in [0.15, 0.2) is 0 Å². The van der Waals surface area contributed by atoms with E-state index in [1.807, 2.05) is 19.1 Å². The van der Waals surface area contributed by atoms with Crippen molar-refractivity contribution in [3.05, 3.63) is 53.1 Å². The number of benzene rings is 2. The predicted molar refractivity (Wildman–Crippen MR) is 145 cm³/mol. The number of aromatic nitrogens is 2. The lowest BCUT2D eigenvalue weighted by Crippen LogP contribution is -2.42. The van der Waals surface area contributed by atoms with Crippen LogP contribution in [0.4, 0.5) is 20.6 Å². The average molecular weight is 537 g/mol. The number of nitrogens with one attached hydrogen (secondary N) is 1. The molecule has 5 rings (SSSR count). The van der Waals surface area contributed by atoms with Crippen molar-refractivity contribution in [1.29, 1.82) is 0 Å². The number of rotatable bonds is 5. The molecule has 0 unspecified atom stereocenters. The second-order valence-corrected chi connectivity index (χ2v) is 10.6. The summed E-state index contributed by atoms with van der Waals surface area (Å²) in [5, 5.41) is 12.0. The van der Waals surface area contributed by atoms with Crippen LogP contribution in [0.15, 0.2) is 30.3 Å². The van der Waals surface area contributed by atoms with E-state index in [2.05, 4.69) is 9.88 Å². The van der Waals surface area contributed by atoms with Crippen LogP contribution in [0.2, 0.25) is 0 Å². The third kappa shape index (κ3) is 5.07. The molecule has 1 atom stereocenters. The van der Waals surface area contributed by atoms with Gasteiger partial charge >= 0.3 is 12.1 Å². The third-order valence-corrected chi connectivity index (χ3v) is 8.02. The number of ether oxygens (including phenoxy) is 1. The Bertz CT molecular complexity index is 1440. The lowest BCUT2D eigenvalue weighted by molar-refractivity contribution is -0.143. The molecule has 0 spiro atoms. The number of carbonyl (C=O) groups is 3. The van der Waals surface area contributed by atoms with Crippen LogP contribution in [-0.4, -0.2) is 45.8 Å². The Balaban J connectivity index is 1.59. The summed E-state index contributed by atoms with van der Waals surface area (Å²) in [5.74, 6) is -1.22. The van der Waals surface area contributed by atoms with Crippen molar-refractivity contribution in [2.24, 2.45) is 5.92 Å². The molecule has 1 aliphatic heterocycles. The van der Waals surface area contributed by atoms with Crippen LogP contribution in [0.25, 0.3) is 11.0 Å². The second kappa shape index (κ2) is 10.7. The van der Waals surface area contributed by atoms with Gasteiger partial charge in [-0.05, 0) is 75.3 Å². The molecule has 0 bridgehead atoms.